The number of aromatic nitrogens is 4. The Morgan fingerprint density at radius 3 is 2.63 bits per heavy atom. The highest BCUT2D eigenvalue weighted by molar-refractivity contribution is 5.46. The highest BCUT2D eigenvalue weighted by atomic mass is 16.1. The Morgan fingerprint density at radius 1 is 1.37 bits per heavy atom. The molecule has 0 aliphatic heterocycles. The van der Waals surface area contributed by atoms with E-state index in [9.17, 15) is 4.79 Å². The standard InChI is InChI=1S/C12H18N6O/c1-7-5-11(19)18(9(3)14-7)6-10-8(2)16-17(4)12(10)15-13/h5,15H,6,13H2,1-4H3. The van der Waals surface area contributed by atoms with E-state index in [1.54, 1.807) is 23.2 Å². The summed E-state index contributed by atoms with van der Waals surface area (Å²) in [6.45, 7) is 5.91. The fraction of sp³-hybridized carbons (Fsp3) is 0.417. The smallest absolute Gasteiger partial charge is 0.254 e. The Bertz CT molecular complexity index is 670. The average Bonchev–Trinajstić information content (AvgIpc) is 2.57. The molecule has 0 saturated heterocycles. The van der Waals surface area contributed by atoms with Gasteiger partial charge in [-0.3, -0.25) is 14.0 Å². The quantitative estimate of drug-likeness (QED) is 0.610. The van der Waals surface area contributed by atoms with Gasteiger partial charge in [-0.15, -0.1) is 0 Å². The highest BCUT2D eigenvalue weighted by Gasteiger charge is 2.14. The summed E-state index contributed by atoms with van der Waals surface area (Å²) in [5.74, 6) is 6.88. The first-order valence-electron chi connectivity index (χ1n) is 5.98. The minimum atomic E-state index is -0.0729. The number of aryl methyl sites for hydroxylation is 4. The van der Waals surface area contributed by atoms with Crippen LogP contribution in [0.15, 0.2) is 10.9 Å². The Labute approximate surface area is 111 Å². The van der Waals surface area contributed by atoms with Crippen LogP contribution in [0.3, 0.4) is 0 Å². The Hall–Kier alpha value is -2.15. The molecule has 0 aliphatic carbocycles. The second-order valence-corrected chi connectivity index (χ2v) is 4.55. The van der Waals surface area contributed by atoms with Gasteiger partial charge in [0, 0.05) is 24.4 Å². The summed E-state index contributed by atoms with van der Waals surface area (Å²) in [6, 6.07) is 1.52. The van der Waals surface area contributed by atoms with E-state index < -0.39 is 0 Å². The normalized spacial score (nSPS) is 10.8. The molecule has 0 saturated carbocycles. The summed E-state index contributed by atoms with van der Waals surface area (Å²) in [4.78, 5) is 16.3. The van der Waals surface area contributed by atoms with Crippen molar-refractivity contribution < 1.29 is 0 Å². The van der Waals surface area contributed by atoms with E-state index in [4.69, 9.17) is 5.84 Å². The molecule has 0 aromatic carbocycles. The predicted molar refractivity (Wildman–Crippen MR) is 72.8 cm³/mol. The van der Waals surface area contributed by atoms with Crippen LogP contribution in [-0.2, 0) is 13.6 Å². The maximum atomic E-state index is 12.0. The molecule has 0 aliphatic rings. The van der Waals surface area contributed by atoms with Crippen LogP contribution in [0.25, 0.3) is 0 Å². The summed E-state index contributed by atoms with van der Waals surface area (Å²) in [7, 11) is 1.80. The Balaban J connectivity index is 2.51. The number of rotatable bonds is 3. The summed E-state index contributed by atoms with van der Waals surface area (Å²) >= 11 is 0. The lowest BCUT2D eigenvalue weighted by atomic mass is 10.2. The van der Waals surface area contributed by atoms with E-state index >= 15 is 0 Å². The lowest BCUT2D eigenvalue weighted by molar-refractivity contribution is 0.692. The monoisotopic (exact) mass is 262 g/mol. The van der Waals surface area contributed by atoms with Crippen LogP contribution < -0.4 is 16.8 Å². The summed E-state index contributed by atoms with van der Waals surface area (Å²) in [5.41, 5.74) is 4.99. The average molecular weight is 262 g/mol. The minimum Gasteiger partial charge on any atom is -0.308 e. The van der Waals surface area contributed by atoms with Gasteiger partial charge in [0.2, 0.25) is 0 Å². The van der Waals surface area contributed by atoms with E-state index in [-0.39, 0.29) is 5.56 Å². The van der Waals surface area contributed by atoms with Crippen molar-refractivity contribution >= 4 is 5.82 Å². The first-order valence-corrected chi connectivity index (χ1v) is 5.98. The van der Waals surface area contributed by atoms with Gasteiger partial charge >= 0.3 is 0 Å². The third-order valence-corrected chi connectivity index (χ3v) is 3.13. The van der Waals surface area contributed by atoms with E-state index in [0.717, 1.165) is 17.0 Å². The Kier molecular flexibility index (Phi) is 3.39. The first-order chi connectivity index (χ1) is 8.93. The molecule has 0 fully saturated rings. The summed E-state index contributed by atoms with van der Waals surface area (Å²) < 4.78 is 3.27. The van der Waals surface area contributed by atoms with Crippen LogP contribution in [0.5, 0.6) is 0 Å². The zero-order valence-corrected chi connectivity index (χ0v) is 11.6. The SMILES string of the molecule is Cc1cc(=O)n(Cc2c(C)nn(C)c2NN)c(C)n1. The number of nitrogens with two attached hydrogens (primary N) is 1. The van der Waals surface area contributed by atoms with E-state index in [1.807, 2.05) is 13.8 Å². The molecule has 2 aromatic rings. The van der Waals surface area contributed by atoms with Crippen LogP contribution in [0.2, 0.25) is 0 Å². The van der Waals surface area contributed by atoms with E-state index in [1.165, 1.54) is 6.07 Å². The maximum Gasteiger partial charge on any atom is 0.254 e. The second kappa shape index (κ2) is 4.85. The van der Waals surface area contributed by atoms with Crippen LogP contribution in [-0.4, -0.2) is 19.3 Å². The fourth-order valence-corrected chi connectivity index (χ4v) is 2.19. The molecule has 19 heavy (non-hydrogen) atoms. The highest BCUT2D eigenvalue weighted by Crippen LogP contribution is 2.18. The molecule has 102 valence electrons. The molecule has 0 bridgehead atoms. The molecular weight excluding hydrogens is 244 g/mol. The molecule has 0 radical (unpaired) electrons. The zero-order valence-electron chi connectivity index (χ0n) is 11.6. The minimum absolute atomic E-state index is 0.0729. The van der Waals surface area contributed by atoms with Crippen molar-refractivity contribution in [1.82, 2.24) is 19.3 Å². The van der Waals surface area contributed by atoms with E-state index in [2.05, 4.69) is 15.5 Å². The molecule has 2 aromatic heterocycles. The van der Waals surface area contributed by atoms with Gasteiger partial charge in [0.1, 0.15) is 11.6 Å². The van der Waals surface area contributed by atoms with Crippen molar-refractivity contribution in [3.05, 3.63) is 39.2 Å². The van der Waals surface area contributed by atoms with Gasteiger partial charge in [-0.25, -0.2) is 10.8 Å². The lowest BCUT2D eigenvalue weighted by Crippen LogP contribution is -2.25. The van der Waals surface area contributed by atoms with Crippen LogP contribution in [0.4, 0.5) is 5.82 Å². The maximum absolute atomic E-state index is 12.0. The van der Waals surface area contributed by atoms with Crippen molar-refractivity contribution in [3.63, 3.8) is 0 Å². The van der Waals surface area contributed by atoms with Gasteiger partial charge in [-0.05, 0) is 20.8 Å². The molecule has 0 spiro atoms. The molecule has 7 heteroatoms. The Morgan fingerprint density at radius 2 is 2.05 bits per heavy atom. The molecule has 0 amide bonds. The summed E-state index contributed by atoms with van der Waals surface area (Å²) in [6.07, 6.45) is 0. The van der Waals surface area contributed by atoms with Gasteiger partial charge in [0.25, 0.3) is 5.56 Å². The van der Waals surface area contributed by atoms with Crippen LogP contribution in [0, 0.1) is 20.8 Å². The van der Waals surface area contributed by atoms with Gasteiger partial charge < -0.3 is 5.43 Å². The lowest BCUT2D eigenvalue weighted by Gasteiger charge is -2.11. The topological polar surface area (TPSA) is 90.8 Å². The molecule has 2 rings (SSSR count). The largest absolute Gasteiger partial charge is 0.308 e. The van der Waals surface area contributed by atoms with Crippen molar-refractivity contribution in [1.29, 1.82) is 0 Å². The molecule has 0 unspecified atom stereocenters. The van der Waals surface area contributed by atoms with Crippen molar-refractivity contribution in [3.8, 4) is 0 Å². The number of nitrogens with zero attached hydrogens (tertiary/aromatic N) is 4. The number of hydrogen-bond donors (Lipinski definition) is 2. The van der Waals surface area contributed by atoms with Crippen LogP contribution in [0.1, 0.15) is 22.8 Å². The molecule has 3 N–H and O–H groups in total. The predicted octanol–water partition coefficient (Wildman–Crippen LogP) is 0.236. The van der Waals surface area contributed by atoms with Gasteiger partial charge in [0.15, 0.2) is 0 Å². The first kappa shape index (κ1) is 13.3. The zero-order chi connectivity index (χ0) is 14.2. The third-order valence-electron chi connectivity index (χ3n) is 3.13. The third kappa shape index (κ3) is 2.37. The fourth-order valence-electron chi connectivity index (χ4n) is 2.19. The van der Waals surface area contributed by atoms with E-state index in [0.29, 0.717) is 18.2 Å². The van der Waals surface area contributed by atoms with Gasteiger partial charge in [-0.1, -0.05) is 0 Å². The van der Waals surface area contributed by atoms with Crippen molar-refractivity contribution in [2.24, 2.45) is 12.9 Å². The number of hydrogen-bond acceptors (Lipinski definition) is 5. The number of hydrazine groups is 1. The number of nitrogens with one attached hydrogen (secondary N) is 1. The second-order valence-electron chi connectivity index (χ2n) is 4.55. The van der Waals surface area contributed by atoms with Crippen molar-refractivity contribution in [2.45, 2.75) is 27.3 Å². The molecule has 2 heterocycles. The number of nitrogen functional groups attached to an aromatic ring is 1. The summed E-state index contributed by atoms with van der Waals surface area (Å²) in [5, 5.41) is 4.29. The molecule has 0 atom stereocenters. The van der Waals surface area contributed by atoms with Crippen LogP contribution >= 0.6 is 0 Å². The van der Waals surface area contributed by atoms with Crippen molar-refractivity contribution in [2.75, 3.05) is 5.43 Å². The van der Waals surface area contributed by atoms with Gasteiger partial charge in [0.05, 0.1) is 12.2 Å². The van der Waals surface area contributed by atoms with Gasteiger partial charge in [-0.2, -0.15) is 5.10 Å². The molecule has 7 nitrogen and oxygen atoms in total. The molecular formula is C12H18N6O. The number of anilines is 1.